The molecule has 1 aliphatic carbocycles. The van der Waals surface area contributed by atoms with Crippen molar-refractivity contribution >= 4 is 23.2 Å². The maximum atomic E-state index is 6.50. The van der Waals surface area contributed by atoms with Crippen LogP contribution in [0, 0.1) is 11.3 Å². The lowest BCUT2D eigenvalue weighted by molar-refractivity contribution is 0.199. The lowest BCUT2D eigenvalue weighted by Crippen LogP contribution is -2.34. The van der Waals surface area contributed by atoms with E-state index in [2.05, 4.69) is 26.1 Å². The van der Waals surface area contributed by atoms with E-state index in [0.717, 1.165) is 17.1 Å². The highest BCUT2D eigenvalue weighted by molar-refractivity contribution is 6.34. The Morgan fingerprint density at radius 2 is 2.05 bits per heavy atom. The van der Waals surface area contributed by atoms with Gasteiger partial charge in [-0.2, -0.15) is 0 Å². The molecule has 0 saturated heterocycles. The van der Waals surface area contributed by atoms with Crippen LogP contribution in [0.1, 0.15) is 51.6 Å². The molecule has 1 saturated carbocycles. The molecule has 0 amide bonds. The van der Waals surface area contributed by atoms with Crippen molar-refractivity contribution < 1.29 is 4.74 Å². The van der Waals surface area contributed by atoms with Crippen LogP contribution in [0.2, 0.25) is 10.0 Å². The summed E-state index contributed by atoms with van der Waals surface area (Å²) in [5.74, 6) is 1.20. The van der Waals surface area contributed by atoms with Crippen molar-refractivity contribution in [3.05, 3.63) is 27.7 Å². The number of ether oxygens (including phenoxy) is 1. The van der Waals surface area contributed by atoms with Crippen LogP contribution in [0.5, 0.6) is 5.75 Å². The Labute approximate surface area is 138 Å². The molecule has 1 aromatic rings. The molecule has 4 heteroatoms. The van der Waals surface area contributed by atoms with Gasteiger partial charge in [0.25, 0.3) is 0 Å². The minimum Gasteiger partial charge on any atom is -0.495 e. The number of benzene rings is 1. The van der Waals surface area contributed by atoms with Crippen molar-refractivity contribution in [2.24, 2.45) is 11.3 Å². The van der Waals surface area contributed by atoms with Crippen molar-refractivity contribution in [2.75, 3.05) is 13.7 Å². The number of hydrogen-bond donors (Lipinski definition) is 1. The molecule has 0 spiro atoms. The number of rotatable bonds is 5. The van der Waals surface area contributed by atoms with E-state index < -0.39 is 0 Å². The lowest BCUT2D eigenvalue weighted by Gasteiger charge is -2.35. The van der Waals surface area contributed by atoms with Crippen molar-refractivity contribution in [1.29, 1.82) is 0 Å². The Hall–Kier alpha value is -0.440. The molecule has 2 atom stereocenters. The minimum absolute atomic E-state index is 0.239. The second-order valence-corrected chi connectivity index (χ2v) is 7.35. The Balaban J connectivity index is 2.41. The zero-order valence-electron chi connectivity index (χ0n) is 13.3. The average Bonchev–Trinajstić information content (AvgIpc) is 2.78. The van der Waals surface area contributed by atoms with Crippen LogP contribution in [0.25, 0.3) is 0 Å². The van der Waals surface area contributed by atoms with Crippen LogP contribution in [0.3, 0.4) is 0 Å². The van der Waals surface area contributed by atoms with Gasteiger partial charge >= 0.3 is 0 Å². The van der Waals surface area contributed by atoms with Crippen LogP contribution in [0.4, 0.5) is 0 Å². The van der Waals surface area contributed by atoms with E-state index >= 15 is 0 Å². The van der Waals surface area contributed by atoms with Crippen molar-refractivity contribution in [1.82, 2.24) is 5.32 Å². The lowest BCUT2D eigenvalue weighted by atomic mass is 9.75. The molecule has 2 unspecified atom stereocenters. The average molecular weight is 330 g/mol. The molecule has 1 N–H and O–H groups in total. The Morgan fingerprint density at radius 1 is 1.33 bits per heavy atom. The van der Waals surface area contributed by atoms with Gasteiger partial charge in [0.2, 0.25) is 0 Å². The maximum Gasteiger partial charge on any atom is 0.138 e. The molecule has 0 radical (unpaired) electrons. The zero-order valence-corrected chi connectivity index (χ0v) is 14.8. The zero-order chi connectivity index (χ0) is 15.6. The van der Waals surface area contributed by atoms with Gasteiger partial charge in [0, 0.05) is 17.1 Å². The summed E-state index contributed by atoms with van der Waals surface area (Å²) >= 11 is 12.8. The van der Waals surface area contributed by atoms with E-state index in [1.54, 1.807) is 7.11 Å². The molecular weight excluding hydrogens is 305 g/mol. The summed E-state index contributed by atoms with van der Waals surface area (Å²) in [5, 5.41) is 4.97. The van der Waals surface area contributed by atoms with Crippen LogP contribution < -0.4 is 10.1 Å². The van der Waals surface area contributed by atoms with Gasteiger partial charge < -0.3 is 10.1 Å². The van der Waals surface area contributed by atoms with Crippen LogP contribution >= 0.6 is 23.2 Å². The van der Waals surface area contributed by atoms with E-state index in [4.69, 9.17) is 27.9 Å². The number of nitrogens with one attached hydrogen (secondary N) is 1. The number of hydrogen-bond acceptors (Lipinski definition) is 2. The standard InChI is InChI=1S/C17H25Cl2NO/c1-5-20-16(12-7-6-8-17(12,2)3)11-9-14(19)15(21-4)10-13(11)18/h9-10,12,16,20H,5-8H2,1-4H3. The first-order valence-electron chi connectivity index (χ1n) is 7.67. The number of methoxy groups -OCH3 is 1. The molecule has 0 heterocycles. The molecule has 2 nitrogen and oxygen atoms in total. The van der Waals surface area contributed by atoms with Gasteiger partial charge in [0.05, 0.1) is 12.1 Å². The molecule has 2 rings (SSSR count). The van der Waals surface area contributed by atoms with E-state index in [1.807, 2.05) is 12.1 Å². The molecular formula is C17H25Cl2NO. The minimum atomic E-state index is 0.239. The molecule has 118 valence electrons. The Morgan fingerprint density at radius 3 is 2.57 bits per heavy atom. The smallest absolute Gasteiger partial charge is 0.138 e. The summed E-state index contributed by atoms with van der Waals surface area (Å²) in [5.41, 5.74) is 1.41. The first-order chi connectivity index (χ1) is 9.90. The highest BCUT2D eigenvalue weighted by Crippen LogP contribution is 2.50. The fourth-order valence-corrected chi connectivity index (χ4v) is 4.12. The predicted molar refractivity (Wildman–Crippen MR) is 90.6 cm³/mol. The molecule has 1 aliphatic rings. The van der Waals surface area contributed by atoms with Gasteiger partial charge in [-0.3, -0.25) is 0 Å². The monoisotopic (exact) mass is 329 g/mol. The van der Waals surface area contributed by atoms with Gasteiger partial charge in [0.1, 0.15) is 5.75 Å². The van der Waals surface area contributed by atoms with E-state index in [1.165, 1.54) is 19.3 Å². The SMILES string of the molecule is CCNC(c1cc(Cl)c(OC)cc1Cl)C1CCCC1(C)C. The van der Waals surface area contributed by atoms with Gasteiger partial charge in [0.15, 0.2) is 0 Å². The Bertz CT molecular complexity index is 502. The summed E-state index contributed by atoms with van der Waals surface area (Å²) in [7, 11) is 1.61. The van der Waals surface area contributed by atoms with Gasteiger partial charge in [-0.25, -0.2) is 0 Å². The summed E-state index contributed by atoms with van der Waals surface area (Å²) in [6.45, 7) is 7.76. The number of halogens is 2. The predicted octanol–water partition coefficient (Wildman–Crippen LogP) is 5.48. The fraction of sp³-hybridized carbons (Fsp3) is 0.647. The van der Waals surface area contributed by atoms with Crippen LogP contribution in [-0.4, -0.2) is 13.7 Å². The second-order valence-electron chi connectivity index (χ2n) is 6.53. The van der Waals surface area contributed by atoms with E-state index in [-0.39, 0.29) is 6.04 Å². The second kappa shape index (κ2) is 6.76. The van der Waals surface area contributed by atoms with Crippen molar-refractivity contribution in [3.63, 3.8) is 0 Å². The van der Waals surface area contributed by atoms with E-state index in [0.29, 0.717) is 22.1 Å². The summed E-state index contributed by atoms with van der Waals surface area (Å²) < 4.78 is 5.25. The normalized spacial score (nSPS) is 22.3. The van der Waals surface area contributed by atoms with Gasteiger partial charge in [-0.05, 0) is 42.3 Å². The third kappa shape index (κ3) is 3.49. The van der Waals surface area contributed by atoms with Crippen LogP contribution in [0.15, 0.2) is 12.1 Å². The quantitative estimate of drug-likeness (QED) is 0.772. The topological polar surface area (TPSA) is 21.3 Å². The first-order valence-corrected chi connectivity index (χ1v) is 8.42. The highest BCUT2D eigenvalue weighted by atomic mass is 35.5. The highest BCUT2D eigenvalue weighted by Gasteiger charge is 2.40. The largest absolute Gasteiger partial charge is 0.495 e. The fourth-order valence-electron chi connectivity index (χ4n) is 3.60. The third-order valence-electron chi connectivity index (χ3n) is 4.77. The summed E-state index contributed by atoms with van der Waals surface area (Å²) in [6, 6.07) is 4.03. The molecule has 1 aromatic carbocycles. The molecule has 0 bridgehead atoms. The van der Waals surface area contributed by atoms with Gasteiger partial charge in [-0.1, -0.05) is 50.4 Å². The third-order valence-corrected chi connectivity index (χ3v) is 5.40. The van der Waals surface area contributed by atoms with Gasteiger partial charge in [-0.15, -0.1) is 0 Å². The summed E-state index contributed by atoms with van der Waals surface area (Å²) in [4.78, 5) is 0. The molecule has 21 heavy (non-hydrogen) atoms. The summed E-state index contributed by atoms with van der Waals surface area (Å²) in [6.07, 6.45) is 3.77. The Kier molecular flexibility index (Phi) is 5.45. The molecule has 0 aromatic heterocycles. The first kappa shape index (κ1) is 16.9. The molecule has 1 fully saturated rings. The maximum absolute atomic E-state index is 6.50. The van der Waals surface area contributed by atoms with Crippen LogP contribution in [-0.2, 0) is 0 Å². The van der Waals surface area contributed by atoms with Crippen molar-refractivity contribution in [2.45, 2.75) is 46.1 Å². The van der Waals surface area contributed by atoms with Crippen molar-refractivity contribution in [3.8, 4) is 5.75 Å². The van der Waals surface area contributed by atoms with E-state index in [9.17, 15) is 0 Å². The molecule has 0 aliphatic heterocycles.